The minimum absolute atomic E-state index is 0.00454. The third-order valence-corrected chi connectivity index (χ3v) is 15.5. The number of primary amides is 1. The van der Waals surface area contributed by atoms with Gasteiger partial charge in [-0.2, -0.15) is 5.06 Å². The van der Waals surface area contributed by atoms with Crippen LogP contribution in [0.5, 0.6) is 0 Å². The van der Waals surface area contributed by atoms with Crippen LogP contribution in [0.25, 0.3) is 0 Å². The molecule has 442 valence electrons. The number of carbonyl (C=O) groups is 7. The molecule has 1 saturated heterocycles. The normalized spacial score (nSPS) is 14.5. The van der Waals surface area contributed by atoms with Gasteiger partial charge in [-0.3, -0.25) is 33.6 Å². The maximum absolute atomic E-state index is 15.3. The summed E-state index contributed by atoms with van der Waals surface area (Å²) in [5.74, 6) is -3.78. The van der Waals surface area contributed by atoms with Gasteiger partial charge in [0, 0.05) is 43.3 Å². The quantitative estimate of drug-likeness (QED) is 0.0458. The number of benzene rings is 6. The highest BCUT2D eigenvalue weighted by Gasteiger charge is 2.45. The molecule has 1 heterocycles. The van der Waals surface area contributed by atoms with Crippen molar-refractivity contribution in [3.63, 3.8) is 0 Å². The van der Waals surface area contributed by atoms with Gasteiger partial charge in [0.15, 0.2) is 0 Å². The Balaban J connectivity index is 1.18. The number of nitrogens with zero attached hydrogens (tertiary/aromatic N) is 7. The van der Waals surface area contributed by atoms with Crippen molar-refractivity contribution in [3.05, 3.63) is 215 Å². The number of carbonyl (C=O) groups excluding carboxylic acids is 7. The molecule has 17 nitrogen and oxygen atoms in total. The molecule has 84 heavy (non-hydrogen) atoms. The van der Waals surface area contributed by atoms with Crippen molar-refractivity contribution >= 4 is 41.4 Å². The first kappa shape index (κ1) is 63.1. The summed E-state index contributed by atoms with van der Waals surface area (Å²) in [4.78, 5) is 110. The maximum Gasteiger partial charge on any atom is 0.243 e. The molecule has 7 rings (SSSR count). The van der Waals surface area contributed by atoms with Crippen LogP contribution in [0.4, 0.5) is 0 Å². The molecule has 7 amide bonds. The van der Waals surface area contributed by atoms with Gasteiger partial charge in [0.05, 0.1) is 25.2 Å². The Bertz CT molecular complexity index is 3100. The predicted octanol–water partition coefficient (Wildman–Crippen LogP) is 7.77. The zero-order valence-corrected chi connectivity index (χ0v) is 49.3. The predicted molar refractivity (Wildman–Crippen MR) is 323 cm³/mol. The van der Waals surface area contributed by atoms with Gasteiger partial charge in [-0.15, -0.1) is 0 Å². The van der Waals surface area contributed by atoms with Crippen LogP contribution in [-0.2, 0) is 59.7 Å². The van der Waals surface area contributed by atoms with E-state index in [0.717, 1.165) is 22.3 Å². The van der Waals surface area contributed by atoms with Crippen LogP contribution in [0.15, 0.2) is 182 Å². The lowest BCUT2D eigenvalue weighted by Gasteiger charge is -2.51. The largest absolute Gasteiger partial charge is 0.368 e. The molecular formula is C67H81N9O8. The Labute approximate surface area is 494 Å². The summed E-state index contributed by atoms with van der Waals surface area (Å²) in [7, 11) is 0. The van der Waals surface area contributed by atoms with Gasteiger partial charge in [-0.05, 0) is 87.8 Å². The second-order valence-corrected chi connectivity index (χ2v) is 23.0. The summed E-state index contributed by atoms with van der Waals surface area (Å²) >= 11 is 0. The van der Waals surface area contributed by atoms with E-state index < -0.39 is 91.3 Å². The molecule has 0 saturated carbocycles. The number of hydrogen-bond donors (Lipinski definition) is 3. The van der Waals surface area contributed by atoms with Gasteiger partial charge < -0.3 is 45.7 Å². The number of hydrogen-bond acceptors (Lipinski definition) is 10. The average molecular weight is 1140 g/mol. The lowest BCUT2D eigenvalue weighted by molar-refractivity contribution is -0.246. The standard InChI is InChI=1S/C67H81N9O8/c1-50(56-33-21-11-22-34-56)74(44-59(68)77)64(82)47-72(42-54-29-17-9-18-30-54)62(80)46-71(41-53-27-15-8-16-28-53)63(81)49-75(51(2)57-35-23-12-24-36-57)65(83)48-73(43-55-31-19-10-20-32-55)61(79)45-70(40-52-25-13-7-14-26-52)60(78)39-69-58-37-66(3,4)76(84)67(5,6)38-58/h7-36,50-51,58,69,84H,37-49H2,1-6H3,(H2,68,77)/t50-,51-/m0/s1. The van der Waals surface area contributed by atoms with E-state index in [2.05, 4.69) is 5.32 Å². The van der Waals surface area contributed by atoms with Crippen LogP contribution in [0, 0.1) is 0 Å². The fourth-order valence-corrected chi connectivity index (χ4v) is 11.1. The topological polar surface area (TPSA) is 200 Å². The zero-order valence-electron chi connectivity index (χ0n) is 49.3. The molecule has 1 aliphatic heterocycles. The molecule has 6 aromatic rings. The van der Waals surface area contributed by atoms with E-state index in [4.69, 9.17) is 5.73 Å². The number of nitrogens with one attached hydrogen (secondary N) is 1. The van der Waals surface area contributed by atoms with Crippen molar-refractivity contribution in [2.45, 2.75) is 110 Å². The van der Waals surface area contributed by atoms with E-state index in [0.29, 0.717) is 24.0 Å². The first-order chi connectivity index (χ1) is 40.2. The molecule has 0 bridgehead atoms. The number of nitrogens with two attached hydrogens (primary N) is 1. The molecule has 0 spiro atoms. The van der Waals surface area contributed by atoms with Crippen LogP contribution in [-0.4, -0.2) is 144 Å². The summed E-state index contributed by atoms with van der Waals surface area (Å²) in [6, 6.07) is 53.9. The van der Waals surface area contributed by atoms with Gasteiger partial charge >= 0.3 is 0 Å². The first-order valence-electron chi connectivity index (χ1n) is 28.6. The molecule has 0 aliphatic carbocycles. The smallest absolute Gasteiger partial charge is 0.243 e. The fraction of sp³-hybridized carbons (Fsp3) is 0.358. The molecule has 17 heteroatoms. The highest BCUT2D eigenvalue weighted by Crippen LogP contribution is 2.36. The van der Waals surface area contributed by atoms with Crippen molar-refractivity contribution in [2.24, 2.45) is 5.73 Å². The van der Waals surface area contributed by atoms with Crippen LogP contribution in [0.1, 0.15) is 99.8 Å². The summed E-state index contributed by atoms with van der Waals surface area (Å²) in [5, 5.41) is 15.8. The summed E-state index contributed by atoms with van der Waals surface area (Å²) in [5.41, 5.74) is 9.02. The lowest BCUT2D eigenvalue weighted by Crippen LogP contribution is -2.63. The Kier molecular flexibility index (Phi) is 22.3. The minimum atomic E-state index is -0.725. The molecule has 1 fully saturated rings. The first-order valence-corrected chi connectivity index (χ1v) is 28.6. The fourth-order valence-electron chi connectivity index (χ4n) is 11.1. The summed E-state index contributed by atoms with van der Waals surface area (Å²) < 4.78 is 0. The Morgan fingerprint density at radius 3 is 1.04 bits per heavy atom. The van der Waals surface area contributed by atoms with E-state index in [1.807, 2.05) is 210 Å². The molecule has 6 aromatic carbocycles. The van der Waals surface area contributed by atoms with Crippen LogP contribution < -0.4 is 11.1 Å². The summed E-state index contributed by atoms with van der Waals surface area (Å²) in [6.07, 6.45) is 1.15. The highest BCUT2D eigenvalue weighted by molar-refractivity contribution is 5.93. The number of rotatable bonds is 27. The van der Waals surface area contributed by atoms with Gasteiger partial charge in [0.1, 0.15) is 32.7 Å². The van der Waals surface area contributed by atoms with E-state index in [9.17, 15) is 24.4 Å². The van der Waals surface area contributed by atoms with Gasteiger partial charge in [-0.25, -0.2) is 0 Å². The molecule has 4 N–H and O–H groups in total. The second kappa shape index (κ2) is 29.6. The monoisotopic (exact) mass is 1140 g/mol. The van der Waals surface area contributed by atoms with Crippen molar-refractivity contribution in [2.75, 3.05) is 45.8 Å². The lowest BCUT2D eigenvalue weighted by atomic mass is 9.79. The SMILES string of the molecule is C[C@@H](c1ccccc1)N(CC(N)=O)C(=O)CN(Cc1ccccc1)C(=O)CN(Cc1ccccc1)C(=O)CN(C(=O)CN(Cc1ccccc1)C(=O)CN(Cc1ccccc1)C(=O)CNC1CC(C)(C)N(O)C(C)(C)C1)[C@@H](C)c1ccccc1. The van der Waals surface area contributed by atoms with E-state index >= 15 is 14.4 Å². The van der Waals surface area contributed by atoms with Crippen molar-refractivity contribution in [1.29, 1.82) is 0 Å². The Morgan fingerprint density at radius 1 is 0.440 bits per heavy atom. The number of hydroxylamine groups is 2. The molecule has 2 atom stereocenters. The molecule has 0 radical (unpaired) electrons. The van der Waals surface area contributed by atoms with Crippen molar-refractivity contribution < 1.29 is 38.8 Å². The molecule has 0 aromatic heterocycles. The third kappa shape index (κ3) is 18.0. The minimum Gasteiger partial charge on any atom is -0.368 e. The Morgan fingerprint density at radius 2 is 0.714 bits per heavy atom. The third-order valence-electron chi connectivity index (χ3n) is 15.5. The average Bonchev–Trinajstić information content (AvgIpc) is 3.67. The second-order valence-electron chi connectivity index (χ2n) is 23.0. The van der Waals surface area contributed by atoms with Crippen LogP contribution >= 0.6 is 0 Å². The molecule has 0 unspecified atom stereocenters. The van der Waals surface area contributed by atoms with Crippen molar-refractivity contribution in [3.8, 4) is 0 Å². The van der Waals surface area contributed by atoms with E-state index in [1.54, 1.807) is 13.8 Å². The molecule has 1 aliphatic rings. The number of piperidine rings is 1. The highest BCUT2D eigenvalue weighted by atomic mass is 16.5. The van der Waals surface area contributed by atoms with Crippen molar-refractivity contribution in [1.82, 2.24) is 39.8 Å². The number of amides is 7. The van der Waals surface area contributed by atoms with Gasteiger partial charge in [0.25, 0.3) is 0 Å². The Hall–Kier alpha value is -8.51. The van der Waals surface area contributed by atoms with Gasteiger partial charge in [-0.1, -0.05) is 182 Å². The van der Waals surface area contributed by atoms with Crippen LogP contribution in [0.3, 0.4) is 0 Å². The van der Waals surface area contributed by atoms with Crippen LogP contribution in [0.2, 0.25) is 0 Å². The van der Waals surface area contributed by atoms with E-state index in [-0.39, 0.29) is 51.2 Å². The van der Waals surface area contributed by atoms with E-state index in [1.165, 1.54) is 34.5 Å². The maximum atomic E-state index is 15.3. The zero-order chi connectivity index (χ0) is 60.4. The van der Waals surface area contributed by atoms with Gasteiger partial charge in [0.2, 0.25) is 41.4 Å². The summed E-state index contributed by atoms with van der Waals surface area (Å²) in [6.45, 7) is 8.75. The molecular weight excluding hydrogens is 1060 g/mol.